The zero-order valence-electron chi connectivity index (χ0n) is 13.4. The number of carbonyl (C=O) groups is 3. The van der Waals surface area contributed by atoms with Crippen molar-refractivity contribution < 1.29 is 23.5 Å². The van der Waals surface area contributed by atoms with Crippen LogP contribution >= 0.6 is 23.2 Å². The summed E-state index contributed by atoms with van der Waals surface area (Å²) in [5.41, 5.74) is 1.43. The lowest BCUT2D eigenvalue weighted by Gasteiger charge is -2.08. The zero-order valence-corrected chi connectivity index (χ0v) is 14.9. The van der Waals surface area contributed by atoms with Gasteiger partial charge < -0.3 is 10.1 Å². The van der Waals surface area contributed by atoms with Crippen LogP contribution in [0.5, 0.6) is 0 Å². The van der Waals surface area contributed by atoms with Crippen molar-refractivity contribution in [3.8, 4) is 0 Å². The molecule has 8 heteroatoms. The molecule has 134 valence electrons. The van der Waals surface area contributed by atoms with E-state index in [1.807, 2.05) is 0 Å². The normalized spacial score (nSPS) is 15.4. The van der Waals surface area contributed by atoms with Crippen LogP contribution < -0.4 is 5.32 Å². The molecule has 0 saturated heterocycles. The van der Waals surface area contributed by atoms with Crippen LogP contribution in [0.2, 0.25) is 10.0 Å². The van der Waals surface area contributed by atoms with Gasteiger partial charge in [-0.25, -0.2) is 9.18 Å². The van der Waals surface area contributed by atoms with Crippen molar-refractivity contribution >= 4 is 46.5 Å². The van der Waals surface area contributed by atoms with E-state index in [2.05, 4.69) is 5.32 Å². The van der Waals surface area contributed by atoms with Crippen molar-refractivity contribution in [1.29, 1.82) is 0 Å². The van der Waals surface area contributed by atoms with E-state index in [0.717, 1.165) is 12.1 Å². The second kappa shape index (κ2) is 7.05. The van der Waals surface area contributed by atoms with E-state index < -0.39 is 24.2 Å². The molecule has 3 rings (SSSR count). The number of carbonyl (C=O) groups excluding carboxylic acids is 3. The van der Waals surface area contributed by atoms with Gasteiger partial charge in [0, 0.05) is 11.3 Å². The highest BCUT2D eigenvalue weighted by molar-refractivity contribution is 6.36. The Morgan fingerprint density at radius 3 is 2.65 bits per heavy atom. The lowest BCUT2D eigenvalue weighted by Crippen LogP contribution is -2.15. The quantitative estimate of drug-likeness (QED) is 0.477. The Balaban J connectivity index is 1.71. The first kappa shape index (κ1) is 18.4. The molecular weight excluding hydrogens is 384 g/mol. The van der Waals surface area contributed by atoms with Crippen LogP contribution in [0.3, 0.4) is 0 Å². The summed E-state index contributed by atoms with van der Waals surface area (Å²) in [6, 6.07) is 6.68. The molecule has 0 bridgehead atoms. The van der Waals surface area contributed by atoms with Gasteiger partial charge in [-0.05, 0) is 42.8 Å². The molecule has 0 fully saturated rings. The number of amides is 1. The Morgan fingerprint density at radius 1 is 1.19 bits per heavy atom. The van der Waals surface area contributed by atoms with Crippen molar-refractivity contribution in [1.82, 2.24) is 0 Å². The van der Waals surface area contributed by atoms with Gasteiger partial charge >= 0.3 is 5.97 Å². The molecule has 2 aromatic rings. The van der Waals surface area contributed by atoms with Crippen LogP contribution in [0, 0.1) is 5.82 Å². The van der Waals surface area contributed by atoms with Gasteiger partial charge in [0.2, 0.25) is 5.91 Å². The number of esters is 1. The predicted molar refractivity (Wildman–Crippen MR) is 94.5 cm³/mol. The van der Waals surface area contributed by atoms with E-state index in [4.69, 9.17) is 27.9 Å². The van der Waals surface area contributed by atoms with Gasteiger partial charge in [0.15, 0.2) is 12.4 Å². The topological polar surface area (TPSA) is 72.5 Å². The highest BCUT2D eigenvalue weighted by Gasteiger charge is 2.27. The van der Waals surface area contributed by atoms with Gasteiger partial charge in [-0.15, -0.1) is 0 Å². The molecule has 1 atom stereocenters. The van der Waals surface area contributed by atoms with Gasteiger partial charge in [-0.1, -0.05) is 23.2 Å². The largest absolute Gasteiger partial charge is 0.454 e. The maximum absolute atomic E-state index is 13.5. The smallest absolute Gasteiger partial charge is 0.340 e. The fourth-order valence-corrected chi connectivity index (χ4v) is 3.02. The second-order valence-electron chi connectivity index (χ2n) is 5.76. The van der Waals surface area contributed by atoms with E-state index in [1.165, 1.54) is 6.07 Å². The Morgan fingerprint density at radius 2 is 1.92 bits per heavy atom. The minimum atomic E-state index is -0.940. The number of ketones is 1. The predicted octanol–water partition coefficient (Wildman–Crippen LogP) is 4.23. The summed E-state index contributed by atoms with van der Waals surface area (Å²) in [7, 11) is 0. The summed E-state index contributed by atoms with van der Waals surface area (Å²) in [5, 5.41) is 2.40. The van der Waals surface area contributed by atoms with Crippen LogP contribution in [0.15, 0.2) is 30.3 Å². The number of benzene rings is 2. The SMILES string of the molecule is C[C@@H]1C(=O)Nc2ccc(C(=O)COC(=O)c3cc(F)c(Cl)cc3Cl)cc21. The summed E-state index contributed by atoms with van der Waals surface area (Å²) in [6.07, 6.45) is 0. The van der Waals surface area contributed by atoms with Crippen molar-refractivity contribution in [3.05, 3.63) is 62.9 Å². The summed E-state index contributed by atoms with van der Waals surface area (Å²) in [6.45, 7) is 1.18. The summed E-state index contributed by atoms with van der Waals surface area (Å²) in [5.74, 6) is -2.73. The standard InChI is InChI=1S/C18H12Cl2FNO4/c1-8-10-4-9(2-3-15(10)22-17(8)24)16(23)7-26-18(25)11-5-14(21)13(20)6-12(11)19/h2-6,8H,7H2,1H3,(H,22,24)/t8-/m0/s1. The van der Waals surface area contributed by atoms with Gasteiger partial charge in [0.05, 0.1) is 21.5 Å². The van der Waals surface area contributed by atoms with Crippen LogP contribution in [-0.4, -0.2) is 24.3 Å². The molecule has 0 unspecified atom stereocenters. The third kappa shape index (κ3) is 3.43. The average molecular weight is 396 g/mol. The summed E-state index contributed by atoms with van der Waals surface area (Å²) >= 11 is 11.4. The molecule has 1 heterocycles. The molecule has 5 nitrogen and oxygen atoms in total. The summed E-state index contributed by atoms with van der Waals surface area (Å²) in [4.78, 5) is 35.9. The number of ether oxygens (including phenoxy) is 1. The Kier molecular flexibility index (Phi) is 4.98. The molecule has 0 spiro atoms. The zero-order chi connectivity index (χ0) is 19.0. The van der Waals surface area contributed by atoms with Crippen molar-refractivity contribution in [2.45, 2.75) is 12.8 Å². The third-order valence-electron chi connectivity index (χ3n) is 4.06. The van der Waals surface area contributed by atoms with Crippen molar-refractivity contribution in [2.75, 3.05) is 11.9 Å². The Hall–Kier alpha value is -2.44. The van der Waals surface area contributed by atoms with Crippen LogP contribution in [0.4, 0.5) is 10.1 Å². The monoisotopic (exact) mass is 395 g/mol. The molecule has 0 aromatic heterocycles. The number of Topliss-reactive ketones (excluding diaryl/α,β-unsaturated/α-hetero) is 1. The third-order valence-corrected chi connectivity index (χ3v) is 4.66. The minimum Gasteiger partial charge on any atom is -0.454 e. The number of hydrogen-bond donors (Lipinski definition) is 1. The molecular formula is C18H12Cl2FNO4. The van der Waals surface area contributed by atoms with Crippen molar-refractivity contribution in [3.63, 3.8) is 0 Å². The highest BCUT2D eigenvalue weighted by atomic mass is 35.5. The lowest BCUT2D eigenvalue weighted by molar-refractivity contribution is -0.116. The fraction of sp³-hybridized carbons (Fsp3) is 0.167. The number of nitrogens with one attached hydrogen (secondary N) is 1. The van der Waals surface area contributed by atoms with Gasteiger partial charge in [0.1, 0.15) is 5.82 Å². The van der Waals surface area contributed by atoms with Crippen LogP contribution in [-0.2, 0) is 9.53 Å². The summed E-state index contributed by atoms with van der Waals surface area (Å²) < 4.78 is 18.4. The second-order valence-corrected chi connectivity index (χ2v) is 6.57. The maximum atomic E-state index is 13.5. The van der Waals surface area contributed by atoms with Gasteiger partial charge in [-0.3, -0.25) is 9.59 Å². The molecule has 1 amide bonds. The molecule has 0 radical (unpaired) electrons. The first-order chi connectivity index (χ1) is 12.3. The number of halogens is 3. The molecule has 1 aliphatic heterocycles. The molecule has 1 N–H and O–H groups in total. The van der Waals surface area contributed by atoms with Gasteiger partial charge in [-0.2, -0.15) is 0 Å². The Labute approximate surface area is 158 Å². The van der Waals surface area contributed by atoms with Gasteiger partial charge in [0.25, 0.3) is 0 Å². The Bertz CT molecular complexity index is 945. The van der Waals surface area contributed by atoms with E-state index in [9.17, 15) is 18.8 Å². The molecule has 0 aliphatic carbocycles. The van der Waals surface area contributed by atoms with Crippen LogP contribution in [0.25, 0.3) is 0 Å². The number of rotatable bonds is 4. The average Bonchev–Trinajstić information content (AvgIpc) is 2.89. The molecule has 0 saturated carbocycles. The van der Waals surface area contributed by atoms with Crippen LogP contribution in [0.1, 0.15) is 39.1 Å². The molecule has 26 heavy (non-hydrogen) atoms. The fourth-order valence-electron chi connectivity index (χ4n) is 2.56. The number of hydrogen-bond acceptors (Lipinski definition) is 4. The van der Waals surface area contributed by atoms with E-state index in [1.54, 1.807) is 19.1 Å². The maximum Gasteiger partial charge on any atom is 0.340 e. The molecule has 2 aromatic carbocycles. The first-order valence-corrected chi connectivity index (χ1v) is 8.33. The molecule has 1 aliphatic rings. The number of fused-ring (bicyclic) bond motifs is 1. The minimum absolute atomic E-state index is 0.0789. The van der Waals surface area contributed by atoms with E-state index in [-0.39, 0.29) is 27.4 Å². The van der Waals surface area contributed by atoms with Crippen molar-refractivity contribution in [2.24, 2.45) is 0 Å². The lowest BCUT2D eigenvalue weighted by atomic mass is 9.99. The van der Waals surface area contributed by atoms with E-state index in [0.29, 0.717) is 16.8 Å². The highest BCUT2D eigenvalue weighted by Crippen LogP contribution is 2.32. The van der Waals surface area contributed by atoms with E-state index >= 15 is 0 Å². The first-order valence-electron chi connectivity index (χ1n) is 7.57. The number of anilines is 1.